The molecule has 1 amide bonds. The average molecular weight is 339 g/mol. The smallest absolute Gasteiger partial charge is 0.226 e. The molecule has 0 bridgehead atoms. The Morgan fingerprint density at radius 3 is 2.56 bits per heavy atom. The number of amides is 1. The summed E-state index contributed by atoms with van der Waals surface area (Å²) in [7, 11) is 1.95. The summed E-state index contributed by atoms with van der Waals surface area (Å²) in [5.74, 6) is 2.46. The molecule has 0 unspecified atom stereocenters. The van der Waals surface area contributed by atoms with Crippen LogP contribution in [0.25, 0.3) is 0 Å². The minimum absolute atomic E-state index is 0.318. The number of carbonyl (C=O) groups is 1. The lowest BCUT2D eigenvalue weighted by Crippen LogP contribution is -2.49. The molecular formula is C19H25N5O. The van der Waals surface area contributed by atoms with Crippen molar-refractivity contribution in [2.24, 2.45) is 18.9 Å². The van der Waals surface area contributed by atoms with Crippen molar-refractivity contribution in [2.75, 3.05) is 31.1 Å². The Labute approximate surface area is 148 Å². The van der Waals surface area contributed by atoms with Gasteiger partial charge in [0, 0.05) is 39.6 Å². The molecule has 2 atom stereocenters. The topological polar surface area (TPSA) is 54.3 Å². The number of hydrogen-bond donors (Lipinski definition) is 0. The number of anilines is 1. The maximum atomic E-state index is 12.6. The molecule has 1 aromatic carbocycles. The highest BCUT2D eigenvalue weighted by atomic mass is 16.2. The van der Waals surface area contributed by atoms with Crippen molar-refractivity contribution in [3.05, 3.63) is 42.2 Å². The minimum atomic E-state index is 0.318. The van der Waals surface area contributed by atoms with Crippen molar-refractivity contribution in [1.82, 2.24) is 19.7 Å². The number of piperazine rings is 1. The molecule has 2 fully saturated rings. The SMILES string of the molecule is Cn1cnnc1N1CCN(C(=O)C[C@@H]2C[C@H]2Cc2ccccc2)CC1. The fourth-order valence-corrected chi connectivity index (χ4v) is 3.80. The molecule has 6 heteroatoms. The Kier molecular flexibility index (Phi) is 4.42. The first kappa shape index (κ1) is 16.1. The van der Waals surface area contributed by atoms with Crippen LogP contribution in [-0.4, -0.2) is 51.8 Å². The monoisotopic (exact) mass is 339 g/mol. The molecule has 2 heterocycles. The number of benzene rings is 1. The van der Waals surface area contributed by atoms with Gasteiger partial charge in [-0.3, -0.25) is 4.79 Å². The highest BCUT2D eigenvalue weighted by Gasteiger charge is 2.39. The zero-order valence-corrected chi connectivity index (χ0v) is 14.7. The van der Waals surface area contributed by atoms with Crippen molar-refractivity contribution in [3.8, 4) is 0 Å². The summed E-state index contributed by atoms with van der Waals surface area (Å²) in [5, 5.41) is 8.09. The van der Waals surface area contributed by atoms with Gasteiger partial charge in [0.15, 0.2) is 0 Å². The Balaban J connectivity index is 1.23. The summed E-state index contributed by atoms with van der Waals surface area (Å²) in [4.78, 5) is 16.8. The molecule has 4 rings (SSSR count). The molecule has 1 aliphatic carbocycles. The van der Waals surface area contributed by atoms with E-state index in [2.05, 4.69) is 45.4 Å². The van der Waals surface area contributed by atoms with Crippen molar-refractivity contribution < 1.29 is 4.79 Å². The number of aryl methyl sites for hydroxylation is 1. The first-order chi connectivity index (χ1) is 12.2. The van der Waals surface area contributed by atoms with Crippen molar-refractivity contribution in [2.45, 2.75) is 19.3 Å². The lowest BCUT2D eigenvalue weighted by Gasteiger charge is -2.35. The van der Waals surface area contributed by atoms with Crippen LogP contribution in [0.5, 0.6) is 0 Å². The van der Waals surface area contributed by atoms with E-state index in [0.717, 1.165) is 38.5 Å². The molecule has 1 aromatic heterocycles. The van der Waals surface area contributed by atoms with Crippen LogP contribution >= 0.6 is 0 Å². The summed E-state index contributed by atoms with van der Waals surface area (Å²) in [5.41, 5.74) is 1.39. The van der Waals surface area contributed by atoms with E-state index in [-0.39, 0.29) is 0 Å². The largest absolute Gasteiger partial charge is 0.339 e. The highest BCUT2D eigenvalue weighted by molar-refractivity contribution is 5.77. The second-order valence-electron chi connectivity index (χ2n) is 7.26. The van der Waals surface area contributed by atoms with E-state index in [1.54, 1.807) is 6.33 Å². The van der Waals surface area contributed by atoms with Crippen molar-refractivity contribution >= 4 is 11.9 Å². The lowest BCUT2D eigenvalue weighted by atomic mass is 10.1. The fraction of sp³-hybridized carbons (Fsp3) is 0.526. The molecular weight excluding hydrogens is 314 g/mol. The predicted molar refractivity (Wildman–Crippen MR) is 96.2 cm³/mol. The second-order valence-corrected chi connectivity index (χ2v) is 7.26. The van der Waals surface area contributed by atoms with Crippen LogP contribution in [0.4, 0.5) is 5.95 Å². The number of nitrogens with zero attached hydrogens (tertiary/aromatic N) is 5. The third-order valence-corrected chi connectivity index (χ3v) is 5.45. The quantitative estimate of drug-likeness (QED) is 0.832. The van der Waals surface area contributed by atoms with Gasteiger partial charge in [-0.2, -0.15) is 0 Å². The average Bonchev–Trinajstić information content (AvgIpc) is 3.20. The molecule has 6 nitrogen and oxygen atoms in total. The predicted octanol–water partition coefficient (Wildman–Crippen LogP) is 1.73. The molecule has 1 saturated carbocycles. The Hall–Kier alpha value is -2.37. The van der Waals surface area contributed by atoms with Gasteiger partial charge in [-0.15, -0.1) is 10.2 Å². The Morgan fingerprint density at radius 2 is 1.88 bits per heavy atom. The number of hydrogen-bond acceptors (Lipinski definition) is 4. The molecule has 25 heavy (non-hydrogen) atoms. The molecule has 2 aromatic rings. The van der Waals surface area contributed by atoms with Crippen LogP contribution in [0.2, 0.25) is 0 Å². The lowest BCUT2D eigenvalue weighted by molar-refractivity contribution is -0.131. The normalized spacial score (nSPS) is 22.9. The number of rotatable bonds is 5. The number of aromatic nitrogens is 3. The van der Waals surface area contributed by atoms with Crippen molar-refractivity contribution in [1.29, 1.82) is 0 Å². The summed E-state index contributed by atoms with van der Waals surface area (Å²) in [6, 6.07) is 10.6. The summed E-state index contributed by atoms with van der Waals surface area (Å²) < 4.78 is 1.93. The van der Waals surface area contributed by atoms with Gasteiger partial charge in [0.2, 0.25) is 11.9 Å². The molecule has 0 spiro atoms. The molecule has 132 valence electrons. The van der Waals surface area contributed by atoms with Crippen LogP contribution in [0, 0.1) is 11.8 Å². The van der Waals surface area contributed by atoms with Crippen molar-refractivity contribution in [3.63, 3.8) is 0 Å². The van der Waals surface area contributed by atoms with Gasteiger partial charge < -0.3 is 14.4 Å². The van der Waals surface area contributed by atoms with Gasteiger partial charge in [0.1, 0.15) is 6.33 Å². The molecule has 0 N–H and O–H groups in total. The highest BCUT2D eigenvalue weighted by Crippen LogP contribution is 2.43. The van der Waals surface area contributed by atoms with Gasteiger partial charge in [0.25, 0.3) is 0 Å². The summed E-state index contributed by atoms with van der Waals surface area (Å²) in [6.07, 6.45) is 4.73. The van der Waals surface area contributed by atoms with E-state index in [4.69, 9.17) is 0 Å². The molecule has 0 radical (unpaired) electrons. The first-order valence-corrected chi connectivity index (χ1v) is 9.11. The van der Waals surface area contributed by atoms with E-state index in [1.807, 2.05) is 16.5 Å². The third-order valence-electron chi connectivity index (χ3n) is 5.45. The maximum Gasteiger partial charge on any atom is 0.226 e. The van der Waals surface area contributed by atoms with Crippen LogP contribution < -0.4 is 4.90 Å². The van der Waals surface area contributed by atoms with Gasteiger partial charge in [-0.1, -0.05) is 30.3 Å². The molecule has 1 aliphatic heterocycles. The zero-order chi connectivity index (χ0) is 17.2. The van der Waals surface area contributed by atoms with Crippen LogP contribution in [0.3, 0.4) is 0 Å². The number of carbonyl (C=O) groups excluding carboxylic acids is 1. The summed E-state index contributed by atoms with van der Waals surface area (Å²) >= 11 is 0. The Bertz CT molecular complexity index is 720. The van der Waals surface area contributed by atoms with Gasteiger partial charge >= 0.3 is 0 Å². The fourth-order valence-electron chi connectivity index (χ4n) is 3.80. The van der Waals surface area contributed by atoms with Crippen LogP contribution in [0.1, 0.15) is 18.4 Å². The standard InChI is InChI=1S/C19H25N5O/c1-22-14-20-21-19(22)24-9-7-23(8-10-24)18(25)13-17-12-16(17)11-15-5-3-2-4-6-15/h2-6,14,16-17H,7-13H2,1H3/t16-,17+/m1/s1. The van der Waals surface area contributed by atoms with Crippen LogP contribution in [-0.2, 0) is 18.3 Å². The van der Waals surface area contributed by atoms with Crippen LogP contribution in [0.15, 0.2) is 36.7 Å². The van der Waals surface area contributed by atoms with E-state index >= 15 is 0 Å². The first-order valence-electron chi connectivity index (χ1n) is 9.11. The third kappa shape index (κ3) is 3.67. The van der Waals surface area contributed by atoms with E-state index in [0.29, 0.717) is 24.2 Å². The second kappa shape index (κ2) is 6.86. The summed E-state index contributed by atoms with van der Waals surface area (Å²) in [6.45, 7) is 3.22. The zero-order valence-electron chi connectivity index (χ0n) is 14.7. The molecule has 2 aliphatic rings. The van der Waals surface area contributed by atoms with Gasteiger partial charge in [-0.25, -0.2) is 0 Å². The Morgan fingerprint density at radius 1 is 1.12 bits per heavy atom. The van der Waals surface area contributed by atoms with Gasteiger partial charge in [0.05, 0.1) is 0 Å². The maximum absolute atomic E-state index is 12.6. The van der Waals surface area contributed by atoms with E-state index in [9.17, 15) is 4.79 Å². The van der Waals surface area contributed by atoms with E-state index in [1.165, 1.54) is 12.0 Å². The van der Waals surface area contributed by atoms with E-state index < -0.39 is 0 Å². The molecule has 1 saturated heterocycles. The minimum Gasteiger partial charge on any atom is -0.339 e. The van der Waals surface area contributed by atoms with Gasteiger partial charge in [-0.05, 0) is 30.2 Å².